The highest BCUT2D eigenvalue weighted by molar-refractivity contribution is 7.99. The van der Waals surface area contributed by atoms with Crippen LogP contribution < -0.4 is 19.1 Å². The van der Waals surface area contributed by atoms with Crippen molar-refractivity contribution in [3.05, 3.63) is 48.0 Å². The van der Waals surface area contributed by atoms with E-state index >= 15 is 0 Å². The molecule has 0 aliphatic carbocycles. The molecular weight excluding hydrogens is 416 g/mol. The first-order valence-corrected chi connectivity index (χ1v) is 11.2. The fourth-order valence-electron chi connectivity index (χ4n) is 4.12. The molecule has 4 rings (SSSR count). The first-order valence-electron chi connectivity index (χ1n) is 10.1. The second-order valence-electron chi connectivity index (χ2n) is 7.47. The van der Waals surface area contributed by atoms with Gasteiger partial charge in [-0.1, -0.05) is 6.07 Å². The van der Waals surface area contributed by atoms with Gasteiger partial charge in [0.25, 0.3) is 0 Å². The van der Waals surface area contributed by atoms with E-state index in [0.29, 0.717) is 18.8 Å². The lowest BCUT2D eigenvalue weighted by Gasteiger charge is -2.28. The van der Waals surface area contributed by atoms with Crippen LogP contribution in [0, 0.1) is 5.92 Å². The zero-order valence-electron chi connectivity index (χ0n) is 17.9. The van der Waals surface area contributed by atoms with Crippen molar-refractivity contribution in [3.63, 3.8) is 0 Å². The van der Waals surface area contributed by atoms with Gasteiger partial charge >= 0.3 is 0 Å². The summed E-state index contributed by atoms with van der Waals surface area (Å²) in [4.78, 5) is 29.7. The van der Waals surface area contributed by atoms with Gasteiger partial charge in [-0.15, -0.1) is 11.8 Å². The van der Waals surface area contributed by atoms with E-state index in [-0.39, 0.29) is 29.5 Å². The van der Waals surface area contributed by atoms with E-state index in [2.05, 4.69) is 0 Å². The molecule has 2 unspecified atom stereocenters. The van der Waals surface area contributed by atoms with Gasteiger partial charge in [0.2, 0.25) is 11.8 Å². The van der Waals surface area contributed by atoms with Crippen LogP contribution in [0.5, 0.6) is 17.2 Å². The molecule has 2 saturated heterocycles. The Morgan fingerprint density at radius 3 is 2.55 bits per heavy atom. The highest BCUT2D eigenvalue weighted by atomic mass is 32.2. The Morgan fingerprint density at radius 2 is 1.81 bits per heavy atom. The Balaban J connectivity index is 1.55. The van der Waals surface area contributed by atoms with Gasteiger partial charge in [-0.3, -0.25) is 9.59 Å². The Hall–Kier alpha value is -2.87. The zero-order valence-corrected chi connectivity index (χ0v) is 18.7. The molecule has 0 saturated carbocycles. The normalized spacial score (nSPS) is 20.8. The molecule has 2 fully saturated rings. The number of thioether (sulfide) groups is 1. The van der Waals surface area contributed by atoms with Crippen LogP contribution >= 0.6 is 11.8 Å². The lowest BCUT2D eigenvalue weighted by Crippen LogP contribution is -2.37. The predicted molar refractivity (Wildman–Crippen MR) is 120 cm³/mol. The molecule has 0 N–H and O–H groups in total. The summed E-state index contributed by atoms with van der Waals surface area (Å²) < 4.78 is 16.2. The van der Waals surface area contributed by atoms with Crippen LogP contribution in [0.4, 0.5) is 5.69 Å². The molecule has 2 aliphatic heterocycles. The van der Waals surface area contributed by atoms with Crippen molar-refractivity contribution in [2.45, 2.75) is 11.8 Å². The van der Waals surface area contributed by atoms with E-state index in [9.17, 15) is 9.59 Å². The van der Waals surface area contributed by atoms with Gasteiger partial charge in [0.1, 0.15) is 22.6 Å². The number of benzene rings is 2. The summed E-state index contributed by atoms with van der Waals surface area (Å²) in [6.07, 6.45) is 0.208. The Kier molecular flexibility index (Phi) is 6.27. The molecule has 2 aromatic rings. The van der Waals surface area contributed by atoms with Gasteiger partial charge in [0.15, 0.2) is 0 Å². The lowest BCUT2D eigenvalue weighted by atomic mass is 10.1. The number of carbonyl (C=O) groups excluding carboxylic acids is 2. The maximum atomic E-state index is 13.5. The summed E-state index contributed by atoms with van der Waals surface area (Å²) >= 11 is 1.70. The van der Waals surface area contributed by atoms with E-state index in [1.54, 1.807) is 38.0 Å². The molecule has 7 nitrogen and oxygen atoms in total. The number of hydrogen-bond donors (Lipinski definition) is 0. The molecule has 8 heteroatoms. The summed E-state index contributed by atoms with van der Waals surface area (Å²) in [6, 6.07) is 13.0. The van der Waals surface area contributed by atoms with E-state index in [1.807, 2.05) is 47.4 Å². The monoisotopic (exact) mass is 442 g/mol. The third-order valence-electron chi connectivity index (χ3n) is 5.72. The van der Waals surface area contributed by atoms with Crippen LogP contribution in [0.1, 0.15) is 17.4 Å². The number of nitrogens with zero attached hydrogens (tertiary/aromatic N) is 2. The minimum absolute atomic E-state index is 0.00128. The minimum Gasteiger partial charge on any atom is -0.497 e. The van der Waals surface area contributed by atoms with Crippen molar-refractivity contribution in [1.29, 1.82) is 0 Å². The summed E-state index contributed by atoms with van der Waals surface area (Å²) in [5, 5.41) is -0.168. The lowest BCUT2D eigenvalue weighted by molar-refractivity contribution is -0.136. The smallest absolute Gasteiger partial charge is 0.229 e. The number of anilines is 1. The fraction of sp³-hybridized carbons (Fsp3) is 0.391. The average molecular weight is 443 g/mol. The van der Waals surface area contributed by atoms with Crippen molar-refractivity contribution in [3.8, 4) is 17.2 Å². The van der Waals surface area contributed by atoms with Crippen LogP contribution in [-0.4, -0.2) is 56.9 Å². The molecule has 2 amide bonds. The van der Waals surface area contributed by atoms with Gasteiger partial charge in [-0.25, -0.2) is 0 Å². The standard InChI is InChI=1S/C23H26N2O5S/c1-28-17-6-4-5-16(12-17)25-14-15(11-21(25)26)22(27)24-9-10-31-23(24)19-13-18(29-2)7-8-20(19)30-3/h4-8,12-13,15,23H,9-11,14H2,1-3H3. The van der Waals surface area contributed by atoms with Crippen molar-refractivity contribution in [2.75, 3.05) is 45.1 Å². The molecular formula is C23H26N2O5S. The second kappa shape index (κ2) is 9.09. The molecule has 2 aromatic carbocycles. The van der Waals surface area contributed by atoms with Crippen LogP contribution in [0.25, 0.3) is 0 Å². The fourth-order valence-corrected chi connectivity index (χ4v) is 5.40. The number of methoxy groups -OCH3 is 3. The molecule has 0 aromatic heterocycles. The molecule has 164 valence electrons. The van der Waals surface area contributed by atoms with Gasteiger partial charge < -0.3 is 24.0 Å². The van der Waals surface area contributed by atoms with Crippen molar-refractivity contribution in [2.24, 2.45) is 5.92 Å². The first-order chi connectivity index (χ1) is 15.0. The van der Waals surface area contributed by atoms with Crippen LogP contribution in [0.15, 0.2) is 42.5 Å². The summed E-state index contributed by atoms with van der Waals surface area (Å²) in [7, 11) is 4.83. The van der Waals surface area contributed by atoms with Gasteiger partial charge in [-0.2, -0.15) is 0 Å². The highest BCUT2D eigenvalue weighted by Gasteiger charge is 2.41. The molecule has 0 spiro atoms. The maximum absolute atomic E-state index is 13.5. The topological polar surface area (TPSA) is 68.3 Å². The third-order valence-corrected chi connectivity index (χ3v) is 6.96. The number of carbonyl (C=O) groups is 2. The molecule has 2 heterocycles. The van der Waals surface area contributed by atoms with Gasteiger partial charge in [-0.05, 0) is 30.3 Å². The predicted octanol–water partition coefficient (Wildman–Crippen LogP) is 3.34. The second-order valence-corrected chi connectivity index (χ2v) is 8.66. The number of hydrogen-bond acceptors (Lipinski definition) is 6. The quantitative estimate of drug-likeness (QED) is 0.684. The van der Waals surface area contributed by atoms with Crippen molar-refractivity contribution < 1.29 is 23.8 Å². The summed E-state index contributed by atoms with van der Waals surface area (Å²) in [5.74, 6) is 2.52. The Labute approximate surface area is 186 Å². The molecule has 2 aliphatic rings. The SMILES string of the molecule is COc1cccc(N2CC(C(=O)N3CCSC3c3cc(OC)ccc3OC)CC2=O)c1. The number of amides is 2. The summed E-state index contributed by atoms with van der Waals surface area (Å²) in [5.41, 5.74) is 1.66. The van der Waals surface area contributed by atoms with E-state index in [1.165, 1.54) is 0 Å². The van der Waals surface area contributed by atoms with E-state index in [0.717, 1.165) is 28.5 Å². The van der Waals surface area contributed by atoms with Gasteiger partial charge in [0, 0.05) is 42.6 Å². The molecule has 0 bridgehead atoms. The van der Waals surface area contributed by atoms with Crippen molar-refractivity contribution >= 4 is 29.3 Å². The Bertz CT molecular complexity index is 982. The zero-order chi connectivity index (χ0) is 22.0. The molecule has 31 heavy (non-hydrogen) atoms. The maximum Gasteiger partial charge on any atom is 0.229 e. The average Bonchev–Trinajstić information content (AvgIpc) is 3.45. The van der Waals surface area contributed by atoms with Crippen molar-refractivity contribution in [1.82, 2.24) is 4.90 Å². The number of ether oxygens (including phenoxy) is 3. The van der Waals surface area contributed by atoms with Crippen LogP contribution in [0.2, 0.25) is 0 Å². The molecule has 0 radical (unpaired) electrons. The third kappa shape index (κ3) is 4.17. The van der Waals surface area contributed by atoms with Gasteiger partial charge in [0.05, 0.1) is 27.2 Å². The van der Waals surface area contributed by atoms with Crippen LogP contribution in [-0.2, 0) is 9.59 Å². The Morgan fingerprint density at radius 1 is 1.03 bits per heavy atom. The minimum atomic E-state index is -0.378. The largest absolute Gasteiger partial charge is 0.497 e. The van der Waals surface area contributed by atoms with E-state index in [4.69, 9.17) is 14.2 Å². The highest BCUT2D eigenvalue weighted by Crippen LogP contribution is 2.44. The van der Waals surface area contributed by atoms with E-state index < -0.39 is 0 Å². The van der Waals surface area contributed by atoms with Crippen LogP contribution in [0.3, 0.4) is 0 Å². The number of rotatable bonds is 6. The summed E-state index contributed by atoms with van der Waals surface area (Å²) in [6.45, 7) is 1.01. The first kappa shape index (κ1) is 21.4. The molecule has 2 atom stereocenters.